The van der Waals surface area contributed by atoms with Gasteiger partial charge in [-0.05, 0) is 50.1 Å². The fourth-order valence-corrected chi connectivity index (χ4v) is 2.49. The molecule has 110 valence electrons. The van der Waals surface area contributed by atoms with Gasteiger partial charge >= 0.3 is 0 Å². The molecule has 2 aromatic rings. The minimum Gasteiger partial charge on any atom is -0.496 e. The molecule has 6 nitrogen and oxygen atoms in total. The maximum atomic E-state index is 10.7. The first kappa shape index (κ1) is 15.6. The highest BCUT2D eigenvalue weighted by molar-refractivity contribution is 9.11. The smallest absolute Gasteiger partial charge is 0.271 e. The zero-order valence-corrected chi connectivity index (χ0v) is 14.0. The third kappa shape index (κ3) is 3.45. The molecule has 21 heavy (non-hydrogen) atoms. The summed E-state index contributed by atoms with van der Waals surface area (Å²) in [6, 6.07) is 7.49. The van der Waals surface area contributed by atoms with Gasteiger partial charge in [0.1, 0.15) is 11.5 Å². The lowest BCUT2D eigenvalue weighted by molar-refractivity contribution is -0.384. The van der Waals surface area contributed by atoms with Gasteiger partial charge in [-0.3, -0.25) is 10.1 Å². The number of methoxy groups -OCH3 is 1. The number of nitro groups is 1. The Morgan fingerprint density at radius 3 is 2.29 bits per heavy atom. The van der Waals surface area contributed by atoms with Gasteiger partial charge in [0.15, 0.2) is 5.75 Å². The number of benzene rings is 2. The molecule has 2 rings (SSSR count). The Morgan fingerprint density at radius 1 is 1.10 bits per heavy atom. The predicted molar refractivity (Wildman–Crippen MR) is 86.0 cm³/mol. The third-order valence-corrected chi connectivity index (χ3v) is 3.87. The minimum atomic E-state index is -0.514. The average molecular weight is 418 g/mol. The number of ether oxygens (including phenoxy) is 2. The van der Waals surface area contributed by atoms with E-state index in [0.717, 1.165) is 0 Å². The summed E-state index contributed by atoms with van der Waals surface area (Å²) in [5.74, 6) is 1.48. The van der Waals surface area contributed by atoms with E-state index in [-0.39, 0.29) is 11.4 Å². The molecule has 2 aromatic carbocycles. The Labute approximate surface area is 137 Å². The van der Waals surface area contributed by atoms with Crippen molar-refractivity contribution in [2.45, 2.75) is 0 Å². The molecule has 0 bridgehead atoms. The van der Waals surface area contributed by atoms with E-state index in [9.17, 15) is 10.1 Å². The predicted octanol–water partition coefficient (Wildman–Crippen LogP) is 4.50. The van der Waals surface area contributed by atoms with Gasteiger partial charge in [0.25, 0.3) is 5.69 Å². The van der Waals surface area contributed by atoms with E-state index in [1.54, 1.807) is 19.2 Å². The van der Waals surface area contributed by atoms with Crippen LogP contribution in [0.15, 0.2) is 39.3 Å². The van der Waals surface area contributed by atoms with Gasteiger partial charge in [0.05, 0.1) is 26.7 Å². The molecule has 0 aliphatic heterocycles. The van der Waals surface area contributed by atoms with Crippen LogP contribution in [0.3, 0.4) is 0 Å². The van der Waals surface area contributed by atoms with E-state index in [2.05, 4.69) is 31.9 Å². The SMILES string of the molecule is COc1cc(Br)c(Oc2ccc([N+](=O)[O-])cc2N)cc1Br. The van der Waals surface area contributed by atoms with Crippen molar-refractivity contribution in [1.29, 1.82) is 0 Å². The highest BCUT2D eigenvalue weighted by Gasteiger charge is 2.13. The summed E-state index contributed by atoms with van der Waals surface area (Å²) in [5, 5.41) is 10.7. The lowest BCUT2D eigenvalue weighted by Crippen LogP contribution is -1.96. The zero-order chi connectivity index (χ0) is 15.6. The molecule has 0 unspecified atom stereocenters. The Bertz CT molecular complexity index is 707. The van der Waals surface area contributed by atoms with Gasteiger partial charge in [0.2, 0.25) is 0 Å². The van der Waals surface area contributed by atoms with Crippen LogP contribution in [0.4, 0.5) is 11.4 Å². The van der Waals surface area contributed by atoms with Crippen LogP contribution in [0.25, 0.3) is 0 Å². The van der Waals surface area contributed by atoms with Gasteiger partial charge in [0, 0.05) is 12.1 Å². The quantitative estimate of drug-likeness (QED) is 0.449. The second-order valence-corrected chi connectivity index (χ2v) is 5.71. The number of halogens is 2. The van der Waals surface area contributed by atoms with Gasteiger partial charge < -0.3 is 15.2 Å². The minimum absolute atomic E-state index is 0.0881. The van der Waals surface area contributed by atoms with Crippen molar-refractivity contribution in [3.63, 3.8) is 0 Å². The molecule has 0 heterocycles. The Kier molecular flexibility index (Phi) is 4.69. The van der Waals surface area contributed by atoms with Crippen molar-refractivity contribution >= 4 is 43.2 Å². The molecule has 0 atom stereocenters. The summed E-state index contributed by atoms with van der Waals surface area (Å²) in [4.78, 5) is 10.2. The van der Waals surface area contributed by atoms with Crippen LogP contribution in [0.5, 0.6) is 17.2 Å². The maximum Gasteiger partial charge on any atom is 0.271 e. The van der Waals surface area contributed by atoms with Gasteiger partial charge in [-0.25, -0.2) is 0 Å². The Hall–Kier alpha value is -1.80. The average Bonchev–Trinajstić information content (AvgIpc) is 2.44. The van der Waals surface area contributed by atoms with Crippen LogP contribution in [-0.2, 0) is 0 Å². The highest BCUT2D eigenvalue weighted by atomic mass is 79.9. The van der Waals surface area contributed by atoms with Crippen LogP contribution < -0.4 is 15.2 Å². The number of nitrogen functional groups attached to an aromatic ring is 1. The monoisotopic (exact) mass is 416 g/mol. The number of hydrogen-bond acceptors (Lipinski definition) is 5. The molecule has 0 radical (unpaired) electrons. The largest absolute Gasteiger partial charge is 0.496 e. The van der Waals surface area contributed by atoms with E-state index in [0.29, 0.717) is 26.2 Å². The molecule has 0 aliphatic carbocycles. The fraction of sp³-hybridized carbons (Fsp3) is 0.0769. The highest BCUT2D eigenvalue weighted by Crippen LogP contribution is 2.39. The van der Waals surface area contributed by atoms with Crippen molar-refractivity contribution in [1.82, 2.24) is 0 Å². The fourth-order valence-electron chi connectivity index (χ4n) is 1.61. The van der Waals surface area contributed by atoms with Crippen LogP contribution in [-0.4, -0.2) is 12.0 Å². The standard InChI is InChI=1S/C13H10Br2N2O4/c1-20-12-5-9(15)13(6-8(12)14)21-11-3-2-7(17(18)19)4-10(11)16/h2-6H,16H2,1H3. The molecule has 0 saturated heterocycles. The third-order valence-electron chi connectivity index (χ3n) is 2.63. The lowest BCUT2D eigenvalue weighted by atomic mass is 10.2. The van der Waals surface area contributed by atoms with Crippen molar-refractivity contribution in [2.75, 3.05) is 12.8 Å². The second-order valence-electron chi connectivity index (χ2n) is 4.00. The summed E-state index contributed by atoms with van der Waals surface area (Å²) in [6.45, 7) is 0. The number of hydrogen-bond donors (Lipinski definition) is 1. The Balaban J connectivity index is 2.34. The molecular weight excluding hydrogens is 408 g/mol. The lowest BCUT2D eigenvalue weighted by Gasteiger charge is -2.12. The maximum absolute atomic E-state index is 10.7. The van der Waals surface area contributed by atoms with Crippen molar-refractivity contribution in [2.24, 2.45) is 0 Å². The topological polar surface area (TPSA) is 87.6 Å². The van der Waals surface area contributed by atoms with Crippen LogP contribution >= 0.6 is 31.9 Å². The summed E-state index contributed by atoms with van der Waals surface area (Å²) in [7, 11) is 1.56. The van der Waals surface area contributed by atoms with Crippen molar-refractivity contribution in [3.05, 3.63) is 49.4 Å². The zero-order valence-electron chi connectivity index (χ0n) is 10.8. The molecule has 0 amide bonds. The number of nitro benzene ring substituents is 1. The summed E-state index contributed by atoms with van der Waals surface area (Å²) >= 11 is 6.72. The van der Waals surface area contributed by atoms with Gasteiger partial charge in [-0.15, -0.1) is 0 Å². The summed E-state index contributed by atoms with van der Waals surface area (Å²) in [5.41, 5.74) is 5.87. The number of nitrogens with zero attached hydrogens (tertiary/aromatic N) is 1. The molecule has 0 aromatic heterocycles. The van der Waals surface area contributed by atoms with Crippen LogP contribution in [0.2, 0.25) is 0 Å². The number of anilines is 1. The summed E-state index contributed by atoms with van der Waals surface area (Å²) in [6.07, 6.45) is 0. The number of nitrogens with two attached hydrogens (primary N) is 1. The molecule has 2 N–H and O–H groups in total. The van der Waals surface area contributed by atoms with Gasteiger partial charge in [-0.2, -0.15) is 0 Å². The molecule has 8 heteroatoms. The Morgan fingerprint density at radius 2 is 1.71 bits per heavy atom. The second kappa shape index (κ2) is 6.31. The number of rotatable bonds is 4. The van der Waals surface area contributed by atoms with E-state index in [4.69, 9.17) is 15.2 Å². The van der Waals surface area contributed by atoms with Gasteiger partial charge in [-0.1, -0.05) is 0 Å². The number of non-ortho nitro benzene ring substituents is 1. The molecule has 0 aliphatic rings. The van der Waals surface area contributed by atoms with E-state index in [1.807, 2.05) is 0 Å². The molecule has 0 saturated carbocycles. The molecular formula is C13H10Br2N2O4. The van der Waals surface area contributed by atoms with Crippen molar-refractivity contribution in [3.8, 4) is 17.2 Å². The normalized spacial score (nSPS) is 10.2. The molecule has 0 fully saturated rings. The first-order valence-corrected chi connectivity index (χ1v) is 7.25. The molecule has 0 spiro atoms. The van der Waals surface area contributed by atoms with Crippen molar-refractivity contribution < 1.29 is 14.4 Å². The summed E-state index contributed by atoms with van der Waals surface area (Å²) < 4.78 is 12.2. The van der Waals surface area contributed by atoms with E-state index >= 15 is 0 Å². The van der Waals surface area contributed by atoms with Crippen LogP contribution in [0.1, 0.15) is 0 Å². The van der Waals surface area contributed by atoms with E-state index < -0.39 is 4.92 Å². The van der Waals surface area contributed by atoms with E-state index in [1.165, 1.54) is 18.2 Å². The first-order chi connectivity index (χ1) is 9.92. The first-order valence-electron chi connectivity index (χ1n) is 5.67. The van der Waals surface area contributed by atoms with Crippen LogP contribution in [0, 0.1) is 10.1 Å².